The molecule has 2 atom stereocenters. The monoisotopic (exact) mass is 259 g/mol. The predicted octanol–water partition coefficient (Wildman–Crippen LogP) is 0.611. The van der Waals surface area contributed by atoms with Gasteiger partial charge >= 0.3 is 0 Å². The van der Waals surface area contributed by atoms with Gasteiger partial charge in [0.25, 0.3) is 0 Å². The summed E-state index contributed by atoms with van der Waals surface area (Å²) < 4.78 is 16.6. The summed E-state index contributed by atoms with van der Waals surface area (Å²) in [6, 6.07) is 0.119. The van der Waals surface area contributed by atoms with Gasteiger partial charge in [-0.05, 0) is 19.9 Å². The molecule has 1 saturated carbocycles. The van der Waals surface area contributed by atoms with Crippen molar-refractivity contribution in [3.05, 3.63) is 0 Å². The smallest absolute Gasteiger partial charge is 0.170 e. The number of nitrogens with zero attached hydrogens (tertiary/aromatic N) is 1. The Kier molecular flexibility index (Phi) is 4.98. The minimum atomic E-state index is -0.431. The summed E-state index contributed by atoms with van der Waals surface area (Å²) >= 11 is 0. The molecule has 18 heavy (non-hydrogen) atoms. The van der Waals surface area contributed by atoms with E-state index in [1.54, 1.807) is 7.11 Å². The van der Waals surface area contributed by atoms with Crippen molar-refractivity contribution in [1.29, 1.82) is 0 Å². The minimum absolute atomic E-state index is 0.119. The Labute approximate surface area is 109 Å². The van der Waals surface area contributed by atoms with Gasteiger partial charge in [0.05, 0.1) is 19.3 Å². The quantitative estimate of drug-likeness (QED) is 0.733. The number of hydrogen-bond donors (Lipinski definition) is 1. The molecule has 5 nitrogen and oxygen atoms in total. The summed E-state index contributed by atoms with van der Waals surface area (Å²) in [4.78, 5) is 2.20. The minimum Gasteiger partial charge on any atom is -0.391 e. The van der Waals surface area contributed by atoms with Crippen LogP contribution in [0.25, 0.3) is 0 Å². The molecule has 1 aliphatic carbocycles. The molecule has 2 rings (SSSR count). The number of likely N-dealkylation sites (N-methyl/N-ethyl adjacent to an activating group) is 1. The lowest BCUT2D eigenvalue weighted by Crippen LogP contribution is -2.52. The molecule has 1 aliphatic heterocycles. The van der Waals surface area contributed by atoms with Crippen LogP contribution in [-0.4, -0.2) is 68.5 Å². The highest BCUT2D eigenvalue weighted by Crippen LogP contribution is 2.37. The van der Waals surface area contributed by atoms with E-state index in [0.29, 0.717) is 13.2 Å². The molecule has 2 aliphatic rings. The molecular weight excluding hydrogens is 234 g/mol. The lowest BCUT2D eigenvalue weighted by Gasteiger charge is -2.42. The molecule has 2 unspecified atom stereocenters. The number of rotatable bonds is 5. The summed E-state index contributed by atoms with van der Waals surface area (Å²) in [6.07, 6.45) is 3.01. The Bertz CT molecular complexity index is 255. The zero-order chi connectivity index (χ0) is 13.0. The van der Waals surface area contributed by atoms with Gasteiger partial charge in [0.1, 0.15) is 0 Å². The molecule has 0 radical (unpaired) electrons. The van der Waals surface area contributed by atoms with Crippen molar-refractivity contribution in [3.63, 3.8) is 0 Å². The molecule has 0 aromatic rings. The van der Waals surface area contributed by atoms with Crippen molar-refractivity contribution in [1.82, 2.24) is 4.90 Å². The van der Waals surface area contributed by atoms with Crippen LogP contribution in [0.3, 0.4) is 0 Å². The zero-order valence-corrected chi connectivity index (χ0v) is 11.4. The van der Waals surface area contributed by atoms with E-state index in [9.17, 15) is 5.11 Å². The summed E-state index contributed by atoms with van der Waals surface area (Å²) in [5.74, 6) is -0.431. The number of hydrogen-bond acceptors (Lipinski definition) is 5. The average Bonchev–Trinajstić information content (AvgIpc) is 2.81. The maximum absolute atomic E-state index is 10.2. The van der Waals surface area contributed by atoms with E-state index in [4.69, 9.17) is 14.2 Å². The lowest BCUT2D eigenvalue weighted by atomic mass is 9.86. The second kappa shape index (κ2) is 6.30. The summed E-state index contributed by atoms with van der Waals surface area (Å²) in [5.41, 5.74) is 0. The Morgan fingerprint density at radius 3 is 2.78 bits per heavy atom. The molecule has 1 saturated heterocycles. The van der Waals surface area contributed by atoms with Crippen LogP contribution >= 0.6 is 0 Å². The summed E-state index contributed by atoms with van der Waals surface area (Å²) in [6.45, 7) is 3.03. The van der Waals surface area contributed by atoms with Crippen molar-refractivity contribution in [3.8, 4) is 0 Å². The molecule has 1 N–H and O–H groups in total. The first-order chi connectivity index (χ1) is 8.67. The topological polar surface area (TPSA) is 51.2 Å². The average molecular weight is 259 g/mol. The molecule has 1 spiro atoms. The third-order valence-electron chi connectivity index (χ3n) is 4.02. The highest BCUT2D eigenvalue weighted by atomic mass is 16.7. The second-order valence-electron chi connectivity index (χ2n) is 5.31. The van der Waals surface area contributed by atoms with Gasteiger partial charge in [-0.1, -0.05) is 0 Å². The lowest BCUT2D eigenvalue weighted by molar-refractivity contribution is -0.203. The van der Waals surface area contributed by atoms with Gasteiger partial charge in [-0.2, -0.15) is 0 Å². The van der Waals surface area contributed by atoms with E-state index < -0.39 is 5.79 Å². The summed E-state index contributed by atoms with van der Waals surface area (Å²) in [7, 11) is 3.77. The maximum Gasteiger partial charge on any atom is 0.170 e. The van der Waals surface area contributed by atoms with Crippen LogP contribution in [-0.2, 0) is 14.2 Å². The third-order valence-corrected chi connectivity index (χ3v) is 4.02. The van der Waals surface area contributed by atoms with Crippen molar-refractivity contribution in [2.24, 2.45) is 0 Å². The maximum atomic E-state index is 10.2. The van der Waals surface area contributed by atoms with E-state index in [1.165, 1.54) is 0 Å². The third kappa shape index (κ3) is 3.22. The second-order valence-corrected chi connectivity index (χ2v) is 5.31. The molecular formula is C13H25NO4. The highest BCUT2D eigenvalue weighted by Gasteiger charge is 2.45. The van der Waals surface area contributed by atoms with E-state index in [0.717, 1.165) is 38.8 Å². The SMILES string of the molecule is COCCCN(C)C1CC2(CCC1O)OCCO2. The fourth-order valence-electron chi connectivity index (χ4n) is 2.95. The Morgan fingerprint density at radius 1 is 1.39 bits per heavy atom. The van der Waals surface area contributed by atoms with Gasteiger partial charge in [-0.15, -0.1) is 0 Å². The van der Waals surface area contributed by atoms with Crippen LogP contribution in [0.2, 0.25) is 0 Å². The van der Waals surface area contributed by atoms with E-state index in [-0.39, 0.29) is 12.1 Å². The first-order valence-corrected chi connectivity index (χ1v) is 6.82. The zero-order valence-electron chi connectivity index (χ0n) is 11.4. The van der Waals surface area contributed by atoms with Gasteiger partial charge in [0.15, 0.2) is 5.79 Å². The normalized spacial score (nSPS) is 31.3. The van der Waals surface area contributed by atoms with E-state index in [2.05, 4.69) is 11.9 Å². The van der Waals surface area contributed by atoms with Crippen molar-refractivity contribution < 1.29 is 19.3 Å². The van der Waals surface area contributed by atoms with Crippen molar-refractivity contribution in [2.45, 2.75) is 43.6 Å². The van der Waals surface area contributed by atoms with Gasteiger partial charge < -0.3 is 24.2 Å². The molecule has 1 heterocycles. The van der Waals surface area contributed by atoms with Gasteiger partial charge in [-0.25, -0.2) is 0 Å². The first-order valence-electron chi connectivity index (χ1n) is 6.82. The molecule has 0 aromatic heterocycles. The van der Waals surface area contributed by atoms with Crippen LogP contribution in [0.4, 0.5) is 0 Å². The number of ether oxygens (including phenoxy) is 3. The summed E-state index contributed by atoms with van der Waals surface area (Å²) in [5, 5.41) is 10.2. The predicted molar refractivity (Wildman–Crippen MR) is 67.4 cm³/mol. The van der Waals surface area contributed by atoms with Crippen molar-refractivity contribution >= 4 is 0 Å². The van der Waals surface area contributed by atoms with E-state index in [1.807, 2.05) is 0 Å². The van der Waals surface area contributed by atoms with Gasteiger partial charge in [0, 0.05) is 39.1 Å². The molecule has 0 aromatic carbocycles. The van der Waals surface area contributed by atoms with Crippen LogP contribution in [0.15, 0.2) is 0 Å². The number of aliphatic hydroxyl groups excluding tert-OH is 1. The highest BCUT2D eigenvalue weighted by molar-refractivity contribution is 4.92. The molecule has 0 amide bonds. The number of aliphatic hydroxyl groups is 1. The van der Waals surface area contributed by atoms with Gasteiger partial charge in [0.2, 0.25) is 0 Å². The molecule has 106 valence electrons. The Morgan fingerprint density at radius 2 is 2.11 bits per heavy atom. The molecule has 2 fully saturated rings. The Balaban J connectivity index is 1.88. The first kappa shape index (κ1) is 14.2. The molecule has 0 bridgehead atoms. The molecule has 5 heteroatoms. The van der Waals surface area contributed by atoms with E-state index >= 15 is 0 Å². The van der Waals surface area contributed by atoms with Crippen LogP contribution < -0.4 is 0 Å². The van der Waals surface area contributed by atoms with Crippen LogP contribution in [0.5, 0.6) is 0 Å². The standard InChI is InChI=1S/C13H25NO4/c1-14(6-3-7-16-2)11-10-13(5-4-12(11)15)17-8-9-18-13/h11-12,15H,3-10H2,1-2H3. The fraction of sp³-hybridized carbons (Fsp3) is 1.00. The van der Waals surface area contributed by atoms with Crippen LogP contribution in [0.1, 0.15) is 25.7 Å². The van der Waals surface area contributed by atoms with Crippen LogP contribution in [0, 0.1) is 0 Å². The largest absolute Gasteiger partial charge is 0.391 e. The Hall–Kier alpha value is -0.200. The van der Waals surface area contributed by atoms with Crippen molar-refractivity contribution in [2.75, 3.05) is 40.5 Å². The van der Waals surface area contributed by atoms with Gasteiger partial charge in [-0.3, -0.25) is 0 Å². The number of methoxy groups -OCH3 is 1. The fourth-order valence-corrected chi connectivity index (χ4v) is 2.95.